The minimum Gasteiger partial charge on any atom is -0.393 e. The van der Waals surface area contributed by atoms with E-state index in [-0.39, 0.29) is 12.2 Å². The fraction of sp³-hybridized carbons (Fsp3) is 0.846. The van der Waals surface area contributed by atoms with E-state index in [9.17, 15) is 5.11 Å². The number of aliphatic hydroxyl groups is 1. The van der Waals surface area contributed by atoms with Crippen LogP contribution in [0, 0.1) is 5.92 Å². The first kappa shape index (κ1) is 13.5. The fourth-order valence-corrected chi connectivity index (χ4v) is 2.53. The van der Waals surface area contributed by atoms with E-state index in [0.717, 1.165) is 25.7 Å². The lowest BCUT2D eigenvalue weighted by atomic mass is 9.87. The summed E-state index contributed by atoms with van der Waals surface area (Å²) in [6.07, 6.45) is 3.20. The molecular weight excluding hydrogens is 232 g/mol. The van der Waals surface area contributed by atoms with Gasteiger partial charge >= 0.3 is 0 Å². The summed E-state index contributed by atoms with van der Waals surface area (Å²) < 4.78 is 10.7. The van der Waals surface area contributed by atoms with Crippen LogP contribution in [0.3, 0.4) is 0 Å². The number of aliphatic hydroxyl groups excluding tert-OH is 1. The molecule has 1 unspecified atom stereocenters. The molecule has 1 aromatic rings. The van der Waals surface area contributed by atoms with E-state index in [4.69, 9.17) is 9.26 Å². The number of nitrogens with zero attached hydrogens (tertiary/aromatic N) is 2. The van der Waals surface area contributed by atoms with Gasteiger partial charge in [-0.15, -0.1) is 0 Å². The molecular formula is C13H22N2O3. The van der Waals surface area contributed by atoms with Crippen LogP contribution in [0.25, 0.3) is 0 Å². The van der Waals surface area contributed by atoms with Gasteiger partial charge in [0.25, 0.3) is 0 Å². The average molecular weight is 254 g/mol. The highest BCUT2D eigenvalue weighted by Crippen LogP contribution is 2.33. The molecule has 5 nitrogen and oxygen atoms in total. The zero-order chi connectivity index (χ0) is 13.1. The van der Waals surface area contributed by atoms with Gasteiger partial charge in [0.05, 0.1) is 6.10 Å². The predicted octanol–water partition coefficient (Wildman–Crippen LogP) is 2.43. The number of hydrogen-bond donors (Lipinski definition) is 1. The largest absolute Gasteiger partial charge is 0.393 e. The van der Waals surface area contributed by atoms with Crippen molar-refractivity contribution < 1.29 is 14.4 Å². The minimum atomic E-state index is -0.161. The highest BCUT2D eigenvalue weighted by molar-refractivity contribution is 4.99. The van der Waals surface area contributed by atoms with E-state index in [1.165, 1.54) is 0 Å². The maximum atomic E-state index is 9.49. The summed E-state index contributed by atoms with van der Waals surface area (Å²) in [6, 6.07) is 0. The van der Waals surface area contributed by atoms with Crippen molar-refractivity contribution in [2.75, 3.05) is 7.11 Å². The molecule has 0 saturated heterocycles. The SMILES string of the molecule is COC(c1noc(C2CCC(O)CC2)n1)C(C)C. The number of hydrogen-bond acceptors (Lipinski definition) is 5. The summed E-state index contributed by atoms with van der Waals surface area (Å²) in [7, 11) is 1.66. The lowest BCUT2D eigenvalue weighted by Crippen LogP contribution is -2.17. The van der Waals surface area contributed by atoms with E-state index in [1.54, 1.807) is 7.11 Å². The Bertz CT molecular complexity index is 370. The van der Waals surface area contributed by atoms with Crippen molar-refractivity contribution in [2.45, 2.75) is 57.7 Å². The number of rotatable bonds is 4. The van der Waals surface area contributed by atoms with Crippen molar-refractivity contribution in [3.05, 3.63) is 11.7 Å². The molecule has 1 fully saturated rings. The van der Waals surface area contributed by atoms with Gasteiger partial charge in [-0.05, 0) is 31.6 Å². The Hall–Kier alpha value is -0.940. The Morgan fingerprint density at radius 3 is 2.50 bits per heavy atom. The van der Waals surface area contributed by atoms with Crippen molar-refractivity contribution in [2.24, 2.45) is 5.92 Å². The molecule has 0 spiro atoms. The molecule has 0 aliphatic heterocycles. The average Bonchev–Trinajstić information content (AvgIpc) is 2.80. The molecule has 0 radical (unpaired) electrons. The molecule has 1 aromatic heterocycles. The first-order chi connectivity index (χ1) is 8.61. The highest BCUT2D eigenvalue weighted by atomic mass is 16.5. The van der Waals surface area contributed by atoms with E-state index in [2.05, 4.69) is 24.0 Å². The molecule has 18 heavy (non-hydrogen) atoms. The zero-order valence-corrected chi connectivity index (χ0v) is 11.3. The molecule has 0 aromatic carbocycles. The molecule has 102 valence electrons. The number of methoxy groups -OCH3 is 1. The van der Waals surface area contributed by atoms with Crippen LogP contribution in [-0.2, 0) is 4.74 Å². The lowest BCUT2D eigenvalue weighted by Gasteiger charge is -2.22. The van der Waals surface area contributed by atoms with Gasteiger partial charge in [0.1, 0.15) is 6.10 Å². The Balaban J connectivity index is 2.05. The quantitative estimate of drug-likeness (QED) is 0.893. The van der Waals surface area contributed by atoms with E-state index in [0.29, 0.717) is 23.6 Å². The van der Waals surface area contributed by atoms with Crippen LogP contribution in [0.4, 0.5) is 0 Å². The van der Waals surface area contributed by atoms with Crippen LogP contribution >= 0.6 is 0 Å². The Morgan fingerprint density at radius 1 is 1.28 bits per heavy atom. The molecule has 1 atom stereocenters. The molecule has 5 heteroatoms. The van der Waals surface area contributed by atoms with Crippen molar-refractivity contribution in [3.63, 3.8) is 0 Å². The standard InChI is InChI=1S/C13H22N2O3/c1-8(2)11(17-3)12-14-13(18-15-12)9-4-6-10(16)7-5-9/h8-11,16H,4-7H2,1-3H3. The van der Waals surface area contributed by atoms with Crippen LogP contribution < -0.4 is 0 Å². The first-order valence-corrected chi connectivity index (χ1v) is 6.66. The molecule has 1 saturated carbocycles. The Labute approximate surface area is 108 Å². The van der Waals surface area contributed by atoms with Crippen LogP contribution in [0.2, 0.25) is 0 Å². The van der Waals surface area contributed by atoms with Gasteiger partial charge in [0.2, 0.25) is 11.7 Å². The third-order valence-electron chi connectivity index (χ3n) is 3.62. The van der Waals surface area contributed by atoms with Crippen molar-refractivity contribution in [3.8, 4) is 0 Å². The van der Waals surface area contributed by atoms with Gasteiger partial charge in [0, 0.05) is 13.0 Å². The van der Waals surface area contributed by atoms with Gasteiger partial charge < -0.3 is 14.4 Å². The van der Waals surface area contributed by atoms with Crippen LogP contribution in [-0.4, -0.2) is 28.5 Å². The summed E-state index contributed by atoms with van der Waals surface area (Å²) in [5, 5.41) is 13.5. The number of aromatic nitrogens is 2. The first-order valence-electron chi connectivity index (χ1n) is 6.66. The third kappa shape index (κ3) is 2.90. The Kier molecular flexibility index (Phi) is 4.35. The van der Waals surface area contributed by atoms with E-state index in [1.807, 2.05) is 0 Å². The smallest absolute Gasteiger partial charge is 0.229 e. The molecule has 2 rings (SSSR count). The van der Waals surface area contributed by atoms with Gasteiger partial charge in [-0.3, -0.25) is 0 Å². The predicted molar refractivity (Wildman–Crippen MR) is 66.1 cm³/mol. The summed E-state index contributed by atoms with van der Waals surface area (Å²) >= 11 is 0. The summed E-state index contributed by atoms with van der Waals surface area (Å²) in [5.74, 6) is 1.93. The van der Waals surface area contributed by atoms with Crippen LogP contribution in [0.5, 0.6) is 0 Å². The molecule has 1 heterocycles. The van der Waals surface area contributed by atoms with Crippen molar-refractivity contribution >= 4 is 0 Å². The third-order valence-corrected chi connectivity index (χ3v) is 3.62. The molecule has 0 amide bonds. The van der Waals surface area contributed by atoms with Crippen molar-refractivity contribution in [1.29, 1.82) is 0 Å². The van der Waals surface area contributed by atoms with Crippen LogP contribution in [0.1, 0.15) is 63.3 Å². The van der Waals surface area contributed by atoms with Gasteiger partial charge in [-0.2, -0.15) is 4.98 Å². The van der Waals surface area contributed by atoms with E-state index < -0.39 is 0 Å². The second kappa shape index (κ2) is 5.80. The lowest BCUT2D eigenvalue weighted by molar-refractivity contribution is 0.0555. The zero-order valence-electron chi connectivity index (χ0n) is 11.3. The fourth-order valence-electron chi connectivity index (χ4n) is 2.53. The second-order valence-electron chi connectivity index (χ2n) is 5.40. The summed E-state index contributed by atoms with van der Waals surface area (Å²) in [4.78, 5) is 4.47. The topological polar surface area (TPSA) is 68.4 Å². The van der Waals surface area contributed by atoms with E-state index >= 15 is 0 Å². The molecule has 0 bridgehead atoms. The van der Waals surface area contributed by atoms with Gasteiger partial charge in [-0.25, -0.2) is 0 Å². The Morgan fingerprint density at radius 2 is 1.94 bits per heavy atom. The second-order valence-corrected chi connectivity index (χ2v) is 5.40. The number of ether oxygens (including phenoxy) is 1. The maximum absolute atomic E-state index is 9.49. The molecule has 1 N–H and O–H groups in total. The monoisotopic (exact) mass is 254 g/mol. The van der Waals surface area contributed by atoms with Crippen molar-refractivity contribution in [1.82, 2.24) is 10.1 Å². The van der Waals surface area contributed by atoms with Crippen LogP contribution in [0.15, 0.2) is 4.52 Å². The maximum Gasteiger partial charge on any atom is 0.229 e. The minimum absolute atomic E-state index is 0.114. The summed E-state index contributed by atoms with van der Waals surface area (Å²) in [5.41, 5.74) is 0. The highest BCUT2D eigenvalue weighted by Gasteiger charge is 2.27. The summed E-state index contributed by atoms with van der Waals surface area (Å²) in [6.45, 7) is 4.14. The molecule has 1 aliphatic carbocycles. The van der Waals surface area contributed by atoms with Gasteiger partial charge in [0.15, 0.2) is 0 Å². The van der Waals surface area contributed by atoms with Gasteiger partial charge in [-0.1, -0.05) is 19.0 Å². The molecule has 1 aliphatic rings. The normalized spacial score (nSPS) is 26.5.